The molecule has 4 nitrogen and oxygen atoms in total. The van der Waals surface area contributed by atoms with Crippen molar-refractivity contribution in [2.75, 3.05) is 18.6 Å². The summed E-state index contributed by atoms with van der Waals surface area (Å²) in [7, 11) is 2.02. The highest BCUT2D eigenvalue weighted by Gasteiger charge is 2.23. The van der Waals surface area contributed by atoms with Gasteiger partial charge in [-0.15, -0.1) is 11.3 Å². The molecule has 0 radical (unpaired) electrons. The lowest BCUT2D eigenvalue weighted by Crippen LogP contribution is -2.20. The van der Waals surface area contributed by atoms with Gasteiger partial charge in [-0.05, 0) is 62.7 Å². The minimum atomic E-state index is 0.0622. The van der Waals surface area contributed by atoms with E-state index in [0.717, 1.165) is 48.3 Å². The second-order valence-corrected chi connectivity index (χ2v) is 10.6. The SMILES string of the molecule is C=C/C=C\C(=C(/C)CCC)C(NC)c1csc(-c2ncc(CC)n2CC2CCSCC2)n1. The van der Waals surface area contributed by atoms with Crippen molar-refractivity contribution in [3.8, 4) is 10.8 Å². The molecule has 1 aliphatic heterocycles. The van der Waals surface area contributed by atoms with Gasteiger partial charge < -0.3 is 9.88 Å². The zero-order valence-electron chi connectivity index (χ0n) is 20.1. The van der Waals surface area contributed by atoms with E-state index in [4.69, 9.17) is 9.97 Å². The molecule has 1 aliphatic rings. The second-order valence-electron chi connectivity index (χ2n) is 8.47. The lowest BCUT2D eigenvalue weighted by atomic mass is 9.96. The molecular weight excluding hydrogens is 432 g/mol. The molecule has 1 saturated heterocycles. The molecular formula is C26H38N4S2. The Kier molecular flexibility index (Phi) is 9.82. The van der Waals surface area contributed by atoms with Gasteiger partial charge in [0.15, 0.2) is 10.8 Å². The molecule has 6 heteroatoms. The molecule has 1 N–H and O–H groups in total. The van der Waals surface area contributed by atoms with Crippen LogP contribution >= 0.6 is 23.1 Å². The van der Waals surface area contributed by atoms with Crippen molar-refractivity contribution in [3.05, 3.63) is 58.9 Å². The molecule has 0 spiro atoms. The van der Waals surface area contributed by atoms with Crippen LogP contribution in [-0.4, -0.2) is 33.1 Å². The van der Waals surface area contributed by atoms with Gasteiger partial charge in [0.2, 0.25) is 0 Å². The van der Waals surface area contributed by atoms with Crippen LogP contribution in [0, 0.1) is 5.92 Å². The van der Waals surface area contributed by atoms with Crippen molar-refractivity contribution in [2.45, 2.75) is 65.5 Å². The van der Waals surface area contributed by atoms with Crippen LogP contribution < -0.4 is 5.32 Å². The summed E-state index contributed by atoms with van der Waals surface area (Å²) in [6, 6.07) is 0.0622. The molecule has 0 aliphatic carbocycles. The average molecular weight is 471 g/mol. The normalized spacial score (nSPS) is 17.0. The van der Waals surface area contributed by atoms with Crippen molar-refractivity contribution in [3.63, 3.8) is 0 Å². The maximum Gasteiger partial charge on any atom is 0.169 e. The Morgan fingerprint density at radius 2 is 2.12 bits per heavy atom. The zero-order valence-corrected chi connectivity index (χ0v) is 21.7. The van der Waals surface area contributed by atoms with Crippen molar-refractivity contribution >= 4 is 23.1 Å². The number of hydrogen-bond donors (Lipinski definition) is 1. The van der Waals surface area contributed by atoms with E-state index in [9.17, 15) is 0 Å². The molecule has 2 aromatic rings. The molecule has 0 amide bonds. The largest absolute Gasteiger partial charge is 0.326 e. The number of allylic oxidation sites excluding steroid dienone is 3. The van der Waals surface area contributed by atoms with Crippen molar-refractivity contribution in [1.82, 2.24) is 19.9 Å². The van der Waals surface area contributed by atoms with Gasteiger partial charge in [0.1, 0.15) is 0 Å². The summed E-state index contributed by atoms with van der Waals surface area (Å²) in [5.41, 5.74) is 5.05. The third-order valence-electron chi connectivity index (χ3n) is 6.22. The number of likely N-dealkylation sites (N-methyl/N-ethyl adjacent to an activating group) is 1. The molecule has 3 heterocycles. The Balaban J connectivity index is 1.93. The van der Waals surface area contributed by atoms with Crippen LogP contribution in [0.25, 0.3) is 10.8 Å². The molecule has 174 valence electrons. The standard InChI is InChI=1S/C26H38N4S2/c1-6-9-11-22(19(4)10-7-2)24(27-5)23-18-32-26(29-23)25-28-16-21(8-3)30(25)17-20-12-14-31-15-13-20/h6,9,11,16,18,20,24,27H,1,7-8,10,12-15,17H2,2-5H3/b11-9-,22-19-. The Bertz CT molecular complexity index is 932. The van der Waals surface area contributed by atoms with E-state index in [1.165, 1.54) is 41.2 Å². The Morgan fingerprint density at radius 1 is 1.34 bits per heavy atom. The van der Waals surface area contributed by atoms with E-state index >= 15 is 0 Å². The van der Waals surface area contributed by atoms with Crippen LogP contribution in [0.15, 0.2) is 47.5 Å². The van der Waals surface area contributed by atoms with Gasteiger partial charge in [-0.2, -0.15) is 11.8 Å². The van der Waals surface area contributed by atoms with Gasteiger partial charge in [-0.1, -0.05) is 50.6 Å². The maximum atomic E-state index is 5.10. The van der Waals surface area contributed by atoms with Crippen LogP contribution in [0.5, 0.6) is 0 Å². The lowest BCUT2D eigenvalue weighted by molar-refractivity contribution is 0.413. The van der Waals surface area contributed by atoms with Gasteiger partial charge >= 0.3 is 0 Å². The molecule has 3 rings (SSSR count). The predicted octanol–water partition coefficient (Wildman–Crippen LogP) is 6.83. The van der Waals surface area contributed by atoms with E-state index in [2.05, 4.69) is 60.5 Å². The number of thiazole rings is 1. The molecule has 32 heavy (non-hydrogen) atoms. The average Bonchev–Trinajstić information content (AvgIpc) is 3.44. The monoisotopic (exact) mass is 470 g/mol. The number of aryl methyl sites for hydroxylation is 1. The lowest BCUT2D eigenvalue weighted by Gasteiger charge is -2.23. The zero-order chi connectivity index (χ0) is 22.9. The number of nitrogens with one attached hydrogen (secondary N) is 1. The van der Waals surface area contributed by atoms with Gasteiger partial charge in [0.05, 0.1) is 11.7 Å². The Labute approximate surface area is 202 Å². The van der Waals surface area contributed by atoms with E-state index in [0.29, 0.717) is 0 Å². The quantitative estimate of drug-likeness (QED) is 0.365. The van der Waals surface area contributed by atoms with Crippen LogP contribution in [0.4, 0.5) is 0 Å². The number of thioether (sulfide) groups is 1. The molecule has 2 aromatic heterocycles. The first-order chi connectivity index (χ1) is 15.6. The highest BCUT2D eigenvalue weighted by Crippen LogP contribution is 2.33. The highest BCUT2D eigenvalue weighted by atomic mass is 32.2. The molecule has 1 unspecified atom stereocenters. The van der Waals surface area contributed by atoms with Crippen LogP contribution in [0.1, 0.15) is 63.9 Å². The Morgan fingerprint density at radius 3 is 2.78 bits per heavy atom. The topological polar surface area (TPSA) is 42.7 Å². The third-order valence-corrected chi connectivity index (χ3v) is 8.13. The highest BCUT2D eigenvalue weighted by molar-refractivity contribution is 7.99. The van der Waals surface area contributed by atoms with Crippen LogP contribution in [0.2, 0.25) is 0 Å². The first kappa shape index (κ1) is 25.0. The number of aromatic nitrogens is 3. The molecule has 1 atom stereocenters. The van der Waals surface area contributed by atoms with Gasteiger partial charge in [0, 0.05) is 23.8 Å². The summed E-state index contributed by atoms with van der Waals surface area (Å²) >= 11 is 3.79. The van der Waals surface area contributed by atoms with E-state index < -0.39 is 0 Å². The summed E-state index contributed by atoms with van der Waals surface area (Å²) in [5, 5.41) is 6.71. The third kappa shape index (κ3) is 6.03. The first-order valence-electron chi connectivity index (χ1n) is 11.9. The van der Waals surface area contributed by atoms with Crippen LogP contribution in [0.3, 0.4) is 0 Å². The van der Waals surface area contributed by atoms with E-state index in [1.807, 2.05) is 25.4 Å². The van der Waals surface area contributed by atoms with Gasteiger partial charge in [-0.3, -0.25) is 0 Å². The summed E-state index contributed by atoms with van der Waals surface area (Å²) in [6.07, 6.45) is 13.9. The molecule has 0 aromatic carbocycles. The summed E-state index contributed by atoms with van der Waals surface area (Å²) in [6.45, 7) is 11.6. The maximum absolute atomic E-state index is 5.10. The van der Waals surface area contributed by atoms with Crippen molar-refractivity contribution in [2.24, 2.45) is 5.92 Å². The fraction of sp³-hybridized carbons (Fsp3) is 0.538. The predicted molar refractivity (Wildman–Crippen MR) is 142 cm³/mol. The summed E-state index contributed by atoms with van der Waals surface area (Å²) in [5.74, 6) is 4.34. The van der Waals surface area contributed by atoms with E-state index in [-0.39, 0.29) is 6.04 Å². The van der Waals surface area contributed by atoms with Gasteiger partial charge in [-0.25, -0.2) is 9.97 Å². The van der Waals surface area contributed by atoms with Gasteiger partial charge in [0.25, 0.3) is 0 Å². The molecule has 1 fully saturated rings. The fourth-order valence-electron chi connectivity index (χ4n) is 4.41. The second kappa shape index (κ2) is 12.6. The Hall–Kier alpha value is -1.63. The minimum Gasteiger partial charge on any atom is -0.326 e. The summed E-state index contributed by atoms with van der Waals surface area (Å²) in [4.78, 5) is 9.93. The number of imidazole rings is 1. The molecule has 0 saturated carbocycles. The number of rotatable bonds is 11. The molecule has 0 bridgehead atoms. The van der Waals surface area contributed by atoms with Crippen molar-refractivity contribution in [1.29, 1.82) is 0 Å². The van der Waals surface area contributed by atoms with Crippen molar-refractivity contribution < 1.29 is 0 Å². The summed E-state index contributed by atoms with van der Waals surface area (Å²) < 4.78 is 2.44. The fourth-order valence-corrected chi connectivity index (χ4v) is 6.47. The smallest absolute Gasteiger partial charge is 0.169 e. The van der Waals surface area contributed by atoms with Crippen LogP contribution in [-0.2, 0) is 13.0 Å². The minimum absolute atomic E-state index is 0.0622. The first-order valence-corrected chi connectivity index (χ1v) is 13.9. The van der Waals surface area contributed by atoms with E-state index in [1.54, 1.807) is 11.3 Å². The number of nitrogens with zero attached hydrogens (tertiary/aromatic N) is 3. The number of hydrogen-bond acceptors (Lipinski definition) is 5.